The number of aryl methyl sites for hydroxylation is 1. The summed E-state index contributed by atoms with van der Waals surface area (Å²) in [5.74, 6) is -0.380. The van der Waals surface area contributed by atoms with Crippen molar-refractivity contribution >= 4 is 17.6 Å². The van der Waals surface area contributed by atoms with Crippen molar-refractivity contribution in [1.29, 1.82) is 0 Å². The van der Waals surface area contributed by atoms with Gasteiger partial charge in [-0.3, -0.25) is 9.69 Å². The third-order valence-electron chi connectivity index (χ3n) is 6.08. The maximum absolute atomic E-state index is 13.0. The van der Waals surface area contributed by atoms with Gasteiger partial charge in [-0.15, -0.1) is 0 Å². The number of methoxy groups -OCH3 is 1. The molecule has 5 nitrogen and oxygen atoms in total. The van der Waals surface area contributed by atoms with Crippen molar-refractivity contribution in [3.63, 3.8) is 0 Å². The van der Waals surface area contributed by atoms with Gasteiger partial charge in [-0.25, -0.2) is 4.79 Å². The second-order valence-corrected chi connectivity index (χ2v) is 8.02. The number of benzene rings is 2. The normalized spacial score (nSPS) is 16.1. The minimum Gasteiger partial charge on any atom is -0.467 e. The molecular formula is C25H32N2O3. The Kier molecular flexibility index (Phi) is 7.27. The van der Waals surface area contributed by atoms with Crippen molar-refractivity contribution in [3.8, 4) is 0 Å². The number of rotatable bonds is 7. The van der Waals surface area contributed by atoms with Crippen molar-refractivity contribution in [3.05, 3.63) is 65.7 Å². The van der Waals surface area contributed by atoms with Gasteiger partial charge in [0.15, 0.2) is 0 Å². The molecule has 1 heterocycles. The largest absolute Gasteiger partial charge is 0.467 e. The van der Waals surface area contributed by atoms with Crippen LogP contribution >= 0.6 is 0 Å². The molecule has 2 aromatic rings. The topological polar surface area (TPSA) is 49.9 Å². The van der Waals surface area contributed by atoms with Gasteiger partial charge in [0.05, 0.1) is 7.11 Å². The minimum atomic E-state index is -0.958. The van der Waals surface area contributed by atoms with Crippen LogP contribution in [0.5, 0.6) is 0 Å². The van der Waals surface area contributed by atoms with Crippen LogP contribution in [-0.2, 0) is 20.7 Å². The molecule has 160 valence electrons. The van der Waals surface area contributed by atoms with E-state index >= 15 is 0 Å². The van der Waals surface area contributed by atoms with E-state index in [-0.39, 0.29) is 11.9 Å². The van der Waals surface area contributed by atoms with Crippen molar-refractivity contribution in [2.75, 3.05) is 31.6 Å². The second-order valence-electron chi connectivity index (χ2n) is 8.02. The minimum absolute atomic E-state index is 0.0537. The molecule has 0 aliphatic carbocycles. The first-order valence-electron chi connectivity index (χ1n) is 10.7. The summed E-state index contributed by atoms with van der Waals surface area (Å²) < 4.78 is 5.23. The number of nitrogens with zero attached hydrogens (tertiary/aromatic N) is 2. The third-order valence-corrected chi connectivity index (χ3v) is 6.08. The number of carbonyl (C=O) groups is 2. The van der Waals surface area contributed by atoms with E-state index < -0.39 is 5.54 Å². The molecule has 0 atom stereocenters. The molecule has 1 saturated heterocycles. The highest BCUT2D eigenvalue weighted by atomic mass is 16.5. The highest BCUT2D eigenvalue weighted by molar-refractivity contribution is 6.02. The Balaban J connectivity index is 1.81. The van der Waals surface area contributed by atoms with E-state index in [9.17, 15) is 9.59 Å². The fraction of sp³-hybridized carbons (Fsp3) is 0.440. The van der Waals surface area contributed by atoms with E-state index in [1.165, 1.54) is 12.7 Å². The summed E-state index contributed by atoms with van der Waals surface area (Å²) in [6, 6.07) is 18.2. The SMILES string of the molecule is CCC(=O)N(c1ccc(C)cc1)C1(C(=O)OC)CCN(CCc2ccccc2)CC1. The average molecular weight is 409 g/mol. The van der Waals surface area contributed by atoms with E-state index in [1.54, 1.807) is 4.90 Å². The molecule has 1 fully saturated rings. The molecule has 0 unspecified atom stereocenters. The Bertz CT molecular complexity index is 840. The lowest BCUT2D eigenvalue weighted by atomic mass is 9.84. The molecule has 0 saturated carbocycles. The van der Waals surface area contributed by atoms with E-state index in [4.69, 9.17) is 4.74 Å². The Labute approximate surface area is 179 Å². The van der Waals surface area contributed by atoms with Crippen LogP contribution in [-0.4, -0.2) is 49.1 Å². The van der Waals surface area contributed by atoms with Crippen molar-refractivity contribution in [2.45, 2.75) is 45.1 Å². The summed E-state index contributed by atoms with van der Waals surface area (Å²) in [5.41, 5.74) is 2.23. The number of esters is 1. The number of ether oxygens (including phenoxy) is 1. The Morgan fingerprint density at radius 1 is 1.03 bits per heavy atom. The number of anilines is 1. The van der Waals surface area contributed by atoms with Gasteiger partial charge in [-0.2, -0.15) is 0 Å². The molecule has 5 heteroatoms. The molecule has 1 amide bonds. The zero-order valence-corrected chi connectivity index (χ0v) is 18.3. The van der Waals surface area contributed by atoms with Gasteiger partial charge >= 0.3 is 5.97 Å². The first kappa shape index (κ1) is 22.0. The molecule has 1 aliphatic rings. The standard InChI is InChI=1S/C25H32N2O3/c1-4-23(28)27(22-12-10-20(2)11-13-22)25(24(29)30-3)15-18-26(19-16-25)17-14-21-8-6-5-7-9-21/h5-13H,4,14-19H2,1-3H3. The Morgan fingerprint density at radius 3 is 2.23 bits per heavy atom. The fourth-order valence-corrected chi connectivity index (χ4v) is 4.27. The lowest BCUT2D eigenvalue weighted by Gasteiger charge is -2.46. The van der Waals surface area contributed by atoms with Crippen LogP contribution < -0.4 is 4.90 Å². The molecule has 30 heavy (non-hydrogen) atoms. The van der Waals surface area contributed by atoms with Gasteiger partial charge in [0, 0.05) is 31.7 Å². The van der Waals surface area contributed by atoms with E-state index in [0.717, 1.165) is 37.3 Å². The van der Waals surface area contributed by atoms with Gasteiger partial charge in [-0.1, -0.05) is 55.0 Å². The smallest absolute Gasteiger partial charge is 0.332 e. The van der Waals surface area contributed by atoms with Crippen LogP contribution in [0.2, 0.25) is 0 Å². The maximum Gasteiger partial charge on any atom is 0.332 e. The fourth-order valence-electron chi connectivity index (χ4n) is 4.27. The number of likely N-dealkylation sites (tertiary alicyclic amines) is 1. The third kappa shape index (κ3) is 4.73. The van der Waals surface area contributed by atoms with Crippen molar-refractivity contribution in [1.82, 2.24) is 4.90 Å². The maximum atomic E-state index is 13.0. The molecule has 0 aromatic heterocycles. The van der Waals surface area contributed by atoms with Crippen LogP contribution in [0.3, 0.4) is 0 Å². The molecular weight excluding hydrogens is 376 g/mol. The van der Waals surface area contributed by atoms with E-state index in [2.05, 4.69) is 29.2 Å². The summed E-state index contributed by atoms with van der Waals surface area (Å²) >= 11 is 0. The quantitative estimate of drug-likeness (QED) is 0.650. The molecule has 1 aliphatic heterocycles. The molecule has 0 spiro atoms. The highest BCUT2D eigenvalue weighted by Gasteiger charge is 2.49. The Hall–Kier alpha value is -2.66. The average Bonchev–Trinajstić information content (AvgIpc) is 2.79. The molecule has 0 radical (unpaired) electrons. The molecule has 3 rings (SSSR count). The lowest BCUT2D eigenvalue weighted by Crippen LogP contribution is -2.62. The molecule has 0 N–H and O–H groups in total. The predicted molar refractivity (Wildman–Crippen MR) is 120 cm³/mol. The Morgan fingerprint density at radius 2 is 1.67 bits per heavy atom. The van der Waals surface area contributed by atoms with Crippen LogP contribution in [0, 0.1) is 6.92 Å². The zero-order valence-electron chi connectivity index (χ0n) is 18.3. The van der Waals surface area contributed by atoms with Crippen LogP contribution in [0.4, 0.5) is 5.69 Å². The number of hydrogen-bond acceptors (Lipinski definition) is 4. The van der Waals surface area contributed by atoms with Gasteiger partial charge in [0.2, 0.25) is 5.91 Å². The molecule has 2 aromatic carbocycles. The lowest BCUT2D eigenvalue weighted by molar-refractivity contribution is -0.151. The van der Waals surface area contributed by atoms with Gasteiger partial charge < -0.3 is 9.64 Å². The van der Waals surface area contributed by atoms with Crippen LogP contribution in [0.1, 0.15) is 37.3 Å². The van der Waals surface area contributed by atoms with Crippen LogP contribution in [0.15, 0.2) is 54.6 Å². The first-order valence-corrected chi connectivity index (χ1v) is 10.7. The van der Waals surface area contributed by atoms with Crippen molar-refractivity contribution in [2.24, 2.45) is 0 Å². The molecule has 0 bridgehead atoms. The van der Waals surface area contributed by atoms with E-state index in [1.807, 2.05) is 44.2 Å². The summed E-state index contributed by atoms with van der Waals surface area (Å²) in [6.45, 7) is 6.29. The predicted octanol–water partition coefficient (Wildman–Crippen LogP) is 3.99. The van der Waals surface area contributed by atoms with E-state index in [0.29, 0.717) is 19.3 Å². The van der Waals surface area contributed by atoms with Gasteiger partial charge in [0.1, 0.15) is 5.54 Å². The van der Waals surface area contributed by atoms with Gasteiger partial charge in [-0.05, 0) is 43.9 Å². The van der Waals surface area contributed by atoms with Crippen LogP contribution in [0.25, 0.3) is 0 Å². The van der Waals surface area contributed by atoms with Crippen molar-refractivity contribution < 1.29 is 14.3 Å². The summed E-state index contributed by atoms with van der Waals surface area (Å²) in [7, 11) is 1.41. The summed E-state index contributed by atoms with van der Waals surface area (Å²) in [6.07, 6.45) is 2.44. The zero-order chi connectivity index (χ0) is 21.6. The number of piperidine rings is 1. The first-order chi connectivity index (χ1) is 14.5. The number of amides is 1. The van der Waals surface area contributed by atoms with Gasteiger partial charge in [0.25, 0.3) is 0 Å². The summed E-state index contributed by atoms with van der Waals surface area (Å²) in [5, 5.41) is 0. The summed E-state index contributed by atoms with van der Waals surface area (Å²) in [4.78, 5) is 30.1. The highest BCUT2D eigenvalue weighted by Crippen LogP contribution is 2.35. The monoisotopic (exact) mass is 408 g/mol. The second kappa shape index (κ2) is 9.90. The number of carbonyl (C=O) groups excluding carboxylic acids is 2. The number of hydrogen-bond donors (Lipinski definition) is 0.